The Labute approximate surface area is 205 Å². The molecule has 0 atom stereocenters. The van der Waals surface area contributed by atoms with Crippen LogP contribution in [0.5, 0.6) is 11.5 Å². The van der Waals surface area contributed by atoms with Gasteiger partial charge in [0.1, 0.15) is 23.7 Å². The van der Waals surface area contributed by atoms with E-state index in [1.807, 2.05) is 41.3 Å². The fourth-order valence-corrected chi connectivity index (χ4v) is 5.64. The lowest BCUT2D eigenvalue weighted by molar-refractivity contribution is -0.192. The van der Waals surface area contributed by atoms with E-state index in [1.54, 1.807) is 0 Å². The van der Waals surface area contributed by atoms with Crippen LogP contribution < -0.4 is 4.74 Å². The van der Waals surface area contributed by atoms with E-state index < -0.39 is 0 Å². The van der Waals surface area contributed by atoms with Gasteiger partial charge in [-0.3, -0.25) is 9.89 Å². The molecule has 1 N–H and O–H groups in total. The predicted molar refractivity (Wildman–Crippen MR) is 131 cm³/mol. The summed E-state index contributed by atoms with van der Waals surface area (Å²) in [6.45, 7) is 1.99. The van der Waals surface area contributed by atoms with E-state index in [4.69, 9.17) is 9.47 Å². The Morgan fingerprint density at radius 2 is 1.86 bits per heavy atom. The van der Waals surface area contributed by atoms with Crippen molar-refractivity contribution in [2.24, 2.45) is 11.3 Å². The molecule has 182 valence electrons. The summed E-state index contributed by atoms with van der Waals surface area (Å²) in [5.74, 6) is 2.88. The molecule has 2 saturated carbocycles. The average molecular weight is 473 g/mol. The minimum Gasteiger partial charge on any atom is -0.457 e. The molecule has 3 aromatic rings. The zero-order valence-corrected chi connectivity index (χ0v) is 20.0. The number of aromatic amines is 1. The lowest BCUT2D eigenvalue weighted by Gasteiger charge is -2.54. The third-order valence-corrected chi connectivity index (χ3v) is 8.07. The van der Waals surface area contributed by atoms with Crippen LogP contribution in [0.3, 0.4) is 0 Å². The first-order valence-corrected chi connectivity index (χ1v) is 12.7. The van der Waals surface area contributed by atoms with Crippen molar-refractivity contribution in [3.05, 3.63) is 72.3 Å². The molecular formula is C28H32N4O3. The fourth-order valence-electron chi connectivity index (χ4n) is 5.64. The first-order valence-electron chi connectivity index (χ1n) is 12.7. The molecule has 2 aromatic carbocycles. The number of nitrogens with one attached hydrogen (secondary N) is 1. The van der Waals surface area contributed by atoms with Gasteiger partial charge in [-0.25, -0.2) is 4.98 Å². The van der Waals surface area contributed by atoms with Crippen molar-refractivity contribution in [3.8, 4) is 11.5 Å². The van der Waals surface area contributed by atoms with Crippen LogP contribution in [-0.2, 0) is 21.7 Å². The number of H-pyrrole nitrogens is 1. The summed E-state index contributed by atoms with van der Waals surface area (Å²) in [5.41, 5.74) is 1.11. The summed E-state index contributed by atoms with van der Waals surface area (Å²) in [7, 11) is 0. The molecule has 2 aliphatic carbocycles. The van der Waals surface area contributed by atoms with Gasteiger partial charge in [-0.05, 0) is 80.2 Å². The number of hydrogen-bond donors (Lipinski definition) is 1. The van der Waals surface area contributed by atoms with E-state index >= 15 is 0 Å². The fraction of sp³-hybridized carbons (Fsp3) is 0.464. The highest BCUT2D eigenvalue weighted by molar-refractivity contribution is 5.81. The number of para-hydroxylation sites is 1. The first kappa shape index (κ1) is 22.3. The monoisotopic (exact) mass is 472 g/mol. The van der Waals surface area contributed by atoms with Gasteiger partial charge in [0, 0.05) is 12.5 Å². The summed E-state index contributed by atoms with van der Waals surface area (Å²) in [6.07, 6.45) is 8.72. The Balaban J connectivity index is 1.11. The number of amides is 1. The van der Waals surface area contributed by atoms with Gasteiger partial charge >= 0.3 is 0 Å². The number of aromatic nitrogens is 3. The summed E-state index contributed by atoms with van der Waals surface area (Å²) in [4.78, 5) is 19.1. The van der Waals surface area contributed by atoms with Crippen LogP contribution in [0.2, 0.25) is 0 Å². The van der Waals surface area contributed by atoms with Crippen molar-refractivity contribution in [2.75, 3.05) is 13.2 Å². The second kappa shape index (κ2) is 9.11. The summed E-state index contributed by atoms with van der Waals surface area (Å²) < 4.78 is 12.7. The molecule has 0 radical (unpaired) electrons. The van der Waals surface area contributed by atoms with E-state index in [-0.39, 0.29) is 22.8 Å². The second-order valence-electron chi connectivity index (χ2n) is 10.4. The zero-order chi connectivity index (χ0) is 23.7. The maximum absolute atomic E-state index is 12.9. The molecular weight excluding hydrogens is 440 g/mol. The van der Waals surface area contributed by atoms with E-state index in [0.29, 0.717) is 6.54 Å². The summed E-state index contributed by atoms with van der Waals surface area (Å²) in [5, 5.41) is 6.85. The number of fused-ring (bicyclic) bond motifs is 3. The molecule has 7 rings (SSSR count). The van der Waals surface area contributed by atoms with Crippen LogP contribution in [0, 0.1) is 11.3 Å². The molecule has 1 aromatic heterocycles. The van der Waals surface area contributed by atoms with Crippen LogP contribution >= 0.6 is 0 Å². The van der Waals surface area contributed by atoms with Gasteiger partial charge in [0.15, 0.2) is 0 Å². The minimum absolute atomic E-state index is 0.142. The molecule has 2 saturated heterocycles. The van der Waals surface area contributed by atoms with Crippen molar-refractivity contribution in [3.63, 3.8) is 0 Å². The normalized spacial score (nSPS) is 25.4. The maximum atomic E-state index is 12.9. The molecule has 7 nitrogen and oxygen atoms in total. The SMILES string of the molecule is O=C(C1CC1)N(CCC12CCC(c3cccc(Oc4ccccc4)c3)(CC1)OC2)Cc1ncn[nH]1. The van der Waals surface area contributed by atoms with Crippen molar-refractivity contribution in [2.45, 2.75) is 57.1 Å². The summed E-state index contributed by atoms with van der Waals surface area (Å²) >= 11 is 0. The third kappa shape index (κ3) is 4.69. The van der Waals surface area contributed by atoms with Crippen LogP contribution in [0.1, 0.15) is 56.3 Å². The second-order valence-corrected chi connectivity index (χ2v) is 10.4. The van der Waals surface area contributed by atoms with Gasteiger partial charge in [-0.15, -0.1) is 0 Å². The molecule has 35 heavy (non-hydrogen) atoms. The number of ether oxygens (including phenoxy) is 2. The van der Waals surface area contributed by atoms with E-state index in [1.165, 1.54) is 11.9 Å². The largest absolute Gasteiger partial charge is 0.457 e. The smallest absolute Gasteiger partial charge is 0.226 e. The molecule has 2 aliphatic heterocycles. The number of hydrogen-bond acceptors (Lipinski definition) is 5. The van der Waals surface area contributed by atoms with Gasteiger partial charge in [-0.2, -0.15) is 5.10 Å². The zero-order valence-electron chi connectivity index (χ0n) is 20.0. The molecule has 7 heteroatoms. The molecule has 1 amide bonds. The number of rotatable bonds is 9. The van der Waals surface area contributed by atoms with Gasteiger partial charge in [0.25, 0.3) is 0 Å². The molecule has 0 unspecified atom stereocenters. The molecule has 3 heterocycles. The highest BCUT2D eigenvalue weighted by atomic mass is 16.5. The van der Waals surface area contributed by atoms with Gasteiger partial charge < -0.3 is 14.4 Å². The number of carbonyl (C=O) groups excluding carboxylic acids is 1. The molecule has 0 spiro atoms. The predicted octanol–water partition coefficient (Wildman–Crippen LogP) is 5.21. The summed E-state index contributed by atoms with van der Waals surface area (Å²) in [6, 6.07) is 18.3. The van der Waals surface area contributed by atoms with Gasteiger partial charge in [0.05, 0.1) is 18.8 Å². The number of benzene rings is 2. The lowest BCUT2D eigenvalue weighted by Crippen LogP contribution is -2.50. The lowest BCUT2D eigenvalue weighted by atomic mass is 9.63. The van der Waals surface area contributed by atoms with E-state index in [9.17, 15) is 4.79 Å². The Kier molecular flexibility index (Phi) is 5.80. The van der Waals surface area contributed by atoms with Crippen molar-refractivity contribution in [1.29, 1.82) is 0 Å². The third-order valence-electron chi connectivity index (χ3n) is 8.07. The average Bonchev–Trinajstić information content (AvgIpc) is 3.64. The maximum Gasteiger partial charge on any atom is 0.226 e. The van der Waals surface area contributed by atoms with Crippen LogP contribution in [0.25, 0.3) is 0 Å². The Bertz CT molecular complexity index is 1140. The van der Waals surface area contributed by atoms with Crippen LogP contribution in [-0.4, -0.2) is 39.1 Å². The Morgan fingerprint density at radius 3 is 2.54 bits per heavy atom. The van der Waals surface area contributed by atoms with Crippen molar-refractivity contribution < 1.29 is 14.3 Å². The van der Waals surface area contributed by atoms with Crippen LogP contribution in [0.15, 0.2) is 60.9 Å². The standard InChI is InChI=1S/C28H32N4O3/c33-26(21-9-10-21)32(18-25-29-20-30-31-25)16-15-27-11-13-28(14-12-27,34-19-27)22-5-4-8-24(17-22)35-23-6-2-1-3-7-23/h1-8,17,20-21H,9-16,18-19H2,(H,29,30,31). The number of nitrogens with zero attached hydrogens (tertiary/aromatic N) is 3. The quantitative estimate of drug-likeness (QED) is 0.462. The first-order chi connectivity index (χ1) is 17.1. The highest BCUT2D eigenvalue weighted by Gasteiger charge is 2.50. The molecule has 4 fully saturated rings. The van der Waals surface area contributed by atoms with Crippen molar-refractivity contribution >= 4 is 5.91 Å². The highest BCUT2D eigenvalue weighted by Crippen LogP contribution is 2.55. The van der Waals surface area contributed by atoms with Gasteiger partial charge in [-0.1, -0.05) is 30.3 Å². The Hall–Kier alpha value is -3.19. The Morgan fingerprint density at radius 1 is 1.06 bits per heavy atom. The topological polar surface area (TPSA) is 80.3 Å². The number of carbonyl (C=O) groups is 1. The van der Waals surface area contributed by atoms with E-state index in [0.717, 1.165) is 75.4 Å². The van der Waals surface area contributed by atoms with Gasteiger partial charge in [0.2, 0.25) is 5.91 Å². The molecule has 2 bridgehead atoms. The minimum atomic E-state index is -0.235. The molecule has 4 aliphatic rings. The van der Waals surface area contributed by atoms with Crippen molar-refractivity contribution in [1.82, 2.24) is 20.1 Å². The van der Waals surface area contributed by atoms with Crippen LogP contribution in [0.4, 0.5) is 0 Å². The van der Waals surface area contributed by atoms with E-state index in [2.05, 4.69) is 33.4 Å².